The number of ether oxygens (including phenoxy) is 1. The van der Waals surface area contributed by atoms with Gasteiger partial charge in [-0.3, -0.25) is 9.36 Å². The van der Waals surface area contributed by atoms with Crippen LogP contribution < -0.4 is 5.56 Å². The number of carbonyl (C=O) groups excluding carboxylic acids is 1. The van der Waals surface area contributed by atoms with Gasteiger partial charge in [0.05, 0.1) is 23.9 Å². The van der Waals surface area contributed by atoms with Crippen LogP contribution in [-0.4, -0.2) is 22.6 Å². The van der Waals surface area contributed by atoms with Gasteiger partial charge in [0.15, 0.2) is 0 Å². The molecular weight excluding hydrogens is 384 g/mol. The van der Waals surface area contributed by atoms with Gasteiger partial charge >= 0.3 is 5.97 Å². The van der Waals surface area contributed by atoms with E-state index in [1.807, 2.05) is 66.9 Å². The molecule has 0 bridgehead atoms. The van der Waals surface area contributed by atoms with Gasteiger partial charge in [0, 0.05) is 0 Å². The van der Waals surface area contributed by atoms with Crippen LogP contribution in [0.15, 0.2) is 64.8 Å². The normalized spacial score (nSPS) is 11.2. The highest BCUT2D eigenvalue weighted by Crippen LogP contribution is 2.20. The summed E-state index contributed by atoms with van der Waals surface area (Å²) in [5, 5.41) is 1.88. The molecule has 144 valence electrons. The third-order valence-electron chi connectivity index (χ3n) is 4.62. The second-order valence-corrected chi connectivity index (χ2v) is 7.40. The molecule has 0 fully saturated rings. The van der Waals surface area contributed by atoms with E-state index in [2.05, 4.69) is 0 Å². The van der Waals surface area contributed by atoms with Crippen LogP contribution in [0, 0.1) is 6.92 Å². The molecule has 0 saturated carbocycles. The van der Waals surface area contributed by atoms with Gasteiger partial charge in [0.2, 0.25) is 0 Å². The summed E-state index contributed by atoms with van der Waals surface area (Å²) in [6.45, 7) is 1.97. The fourth-order valence-electron chi connectivity index (χ4n) is 3.11. The Morgan fingerprint density at radius 2 is 1.83 bits per heavy atom. The van der Waals surface area contributed by atoms with Crippen molar-refractivity contribution in [3.8, 4) is 5.69 Å². The predicted octanol–water partition coefficient (Wildman–Crippen LogP) is 4.71. The van der Waals surface area contributed by atoms with Crippen molar-refractivity contribution in [2.45, 2.75) is 6.92 Å². The smallest absolute Gasteiger partial charge is 0.337 e. The molecule has 0 amide bonds. The van der Waals surface area contributed by atoms with Gasteiger partial charge in [-0.15, -0.1) is 11.3 Å². The molecule has 2 heterocycles. The Morgan fingerprint density at radius 3 is 2.55 bits per heavy atom. The molecule has 2 aromatic heterocycles. The Kier molecular flexibility index (Phi) is 5.10. The number of aryl methyl sites for hydroxylation is 1. The van der Waals surface area contributed by atoms with Crippen LogP contribution in [0.3, 0.4) is 0 Å². The van der Waals surface area contributed by atoms with Crippen molar-refractivity contribution in [1.29, 1.82) is 0 Å². The molecule has 29 heavy (non-hydrogen) atoms. The Balaban J connectivity index is 1.82. The van der Waals surface area contributed by atoms with E-state index in [1.54, 1.807) is 16.7 Å². The first-order valence-electron chi connectivity index (χ1n) is 9.01. The number of methoxy groups -OCH3 is 1. The van der Waals surface area contributed by atoms with E-state index >= 15 is 0 Å². The van der Waals surface area contributed by atoms with Crippen molar-refractivity contribution < 1.29 is 9.53 Å². The van der Waals surface area contributed by atoms with E-state index in [9.17, 15) is 9.59 Å². The maximum absolute atomic E-state index is 13.2. The van der Waals surface area contributed by atoms with E-state index in [0.29, 0.717) is 21.6 Å². The number of fused-ring (bicyclic) bond motifs is 1. The monoisotopic (exact) mass is 402 g/mol. The molecule has 0 radical (unpaired) electrons. The van der Waals surface area contributed by atoms with E-state index in [-0.39, 0.29) is 11.5 Å². The van der Waals surface area contributed by atoms with Crippen molar-refractivity contribution >= 4 is 39.7 Å². The van der Waals surface area contributed by atoms with Gasteiger partial charge in [-0.2, -0.15) is 0 Å². The largest absolute Gasteiger partial charge is 0.465 e. The Morgan fingerprint density at radius 1 is 1.07 bits per heavy atom. The summed E-state index contributed by atoms with van der Waals surface area (Å²) in [5.74, 6) is 0.172. The number of hydrogen-bond acceptors (Lipinski definition) is 5. The number of benzene rings is 2. The summed E-state index contributed by atoms with van der Waals surface area (Å²) >= 11 is 1.39. The fraction of sp³-hybridized carbons (Fsp3) is 0.0870. The molecule has 0 spiro atoms. The summed E-state index contributed by atoms with van der Waals surface area (Å²) in [7, 11) is 1.35. The van der Waals surface area contributed by atoms with Crippen molar-refractivity contribution in [2.75, 3.05) is 7.11 Å². The zero-order chi connectivity index (χ0) is 20.4. The summed E-state index contributed by atoms with van der Waals surface area (Å²) in [6.07, 6.45) is 3.69. The SMILES string of the molecule is COC(=O)c1ccc(C=Cc2nc3ccsc3c(=O)n2-c2ccccc2C)cc1. The third-order valence-corrected chi connectivity index (χ3v) is 5.51. The van der Waals surface area contributed by atoms with Gasteiger partial charge in [-0.1, -0.05) is 36.4 Å². The van der Waals surface area contributed by atoms with Gasteiger partial charge in [0.25, 0.3) is 5.56 Å². The lowest BCUT2D eigenvalue weighted by Gasteiger charge is -2.12. The minimum Gasteiger partial charge on any atom is -0.465 e. The van der Waals surface area contributed by atoms with Gasteiger partial charge < -0.3 is 4.74 Å². The van der Waals surface area contributed by atoms with Crippen LogP contribution in [0.2, 0.25) is 0 Å². The zero-order valence-electron chi connectivity index (χ0n) is 16.0. The molecule has 0 saturated heterocycles. The number of rotatable bonds is 4. The van der Waals surface area contributed by atoms with Gasteiger partial charge in [0.1, 0.15) is 10.5 Å². The molecule has 4 aromatic rings. The topological polar surface area (TPSA) is 61.2 Å². The number of para-hydroxylation sites is 1. The van der Waals surface area contributed by atoms with Crippen LogP contribution in [0.1, 0.15) is 27.3 Å². The van der Waals surface area contributed by atoms with Crippen LogP contribution in [0.25, 0.3) is 28.1 Å². The predicted molar refractivity (Wildman–Crippen MR) is 117 cm³/mol. The zero-order valence-corrected chi connectivity index (χ0v) is 16.8. The highest BCUT2D eigenvalue weighted by atomic mass is 32.1. The maximum atomic E-state index is 13.2. The lowest BCUT2D eigenvalue weighted by atomic mass is 10.1. The highest BCUT2D eigenvalue weighted by Gasteiger charge is 2.13. The molecule has 6 heteroatoms. The minimum atomic E-state index is -0.376. The van der Waals surface area contributed by atoms with Crippen molar-refractivity contribution in [3.05, 3.63) is 92.8 Å². The lowest BCUT2D eigenvalue weighted by molar-refractivity contribution is 0.0600. The minimum absolute atomic E-state index is 0.0833. The maximum Gasteiger partial charge on any atom is 0.337 e. The molecule has 0 aliphatic carbocycles. The standard InChI is InChI=1S/C23H18N2O3S/c1-15-5-3-4-6-19(15)25-20(24-18-13-14-29-21(18)22(25)26)12-9-16-7-10-17(11-8-16)23(27)28-2/h3-14H,1-2H3. The summed E-state index contributed by atoms with van der Waals surface area (Å²) < 4.78 is 7.00. The van der Waals surface area contributed by atoms with Crippen molar-refractivity contribution in [2.24, 2.45) is 0 Å². The van der Waals surface area contributed by atoms with Crippen molar-refractivity contribution in [3.63, 3.8) is 0 Å². The summed E-state index contributed by atoms with van der Waals surface area (Å²) in [6, 6.07) is 16.6. The third kappa shape index (κ3) is 3.62. The van der Waals surface area contributed by atoms with Gasteiger partial charge in [-0.05, 0) is 53.8 Å². The molecule has 0 aliphatic rings. The van der Waals surface area contributed by atoms with Crippen LogP contribution >= 0.6 is 11.3 Å². The number of nitrogens with zero attached hydrogens (tertiary/aromatic N) is 2. The van der Waals surface area contributed by atoms with E-state index in [1.165, 1.54) is 18.4 Å². The number of hydrogen-bond donors (Lipinski definition) is 0. The van der Waals surface area contributed by atoms with E-state index < -0.39 is 0 Å². The Hall–Kier alpha value is -3.51. The van der Waals surface area contributed by atoms with E-state index in [4.69, 9.17) is 9.72 Å². The first kappa shape index (κ1) is 18.8. The molecule has 2 aromatic carbocycles. The Labute approximate surface area is 171 Å². The second-order valence-electron chi connectivity index (χ2n) is 6.48. The first-order valence-corrected chi connectivity index (χ1v) is 9.89. The fourth-order valence-corrected chi connectivity index (χ4v) is 3.87. The number of esters is 1. The molecule has 0 aliphatic heterocycles. The molecular formula is C23H18N2O3S. The van der Waals surface area contributed by atoms with Crippen LogP contribution in [-0.2, 0) is 4.74 Å². The Bertz CT molecular complexity index is 1280. The van der Waals surface area contributed by atoms with Crippen LogP contribution in [0.5, 0.6) is 0 Å². The number of thiophene rings is 1. The molecule has 0 N–H and O–H groups in total. The second kappa shape index (κ2) is 7.85. The van der Waals surface area contributed by atoms with Crippen LogP contribution in [0.4, 0.5) is 0 Å². The average molecular weight is 402 g/mol. The highest BCUT2D eigenvalue weighted by molar-refractivity contribution is 7.17. The molecule has 5 nitrogen and oxygen atoms in total. The molecule has 4 rings (SSSR count). The van der Waals surface area contributed by atoms with E-state index in [0.717, 1.165) is 16.8 Å². The molecule has 0 atom stereocenters. The number of aromatic nitrogens is 2. The number of carbonyl (C=O) groups is 1. The van der Waals surface area contributed by atoms with Gasteiger partial charge in [-0.25, -0.2) is 9.78 Å². The summed E-state index contributed by atoms with van der Waals surface area (Å²) in [5.41, 5.74) is 3.77. The summed E-state index contributed by atoms with van der Waals surface area (Å²) in [4.78, 5) is 29.5. The van der Waals surface area contributed by atoms with Crippen molar-refractivity contribution in [1.82, 2.24) is 9.55 Å². The lowest BCUT2D eigenvalue weighted by Crippen LogP contribution is -2.22. The molecule has 0 unspecified atom stereocenters. The first-order chi connectivity index (χ1) is 14.1. The average Bonchev–Trinajstić information content (AvgIpc) is 3.22. The quantitative estimate of drug-likeness (QED) is 0.464.